The average Bonchev–Trinajstić information content (AvgIpc) is 3.41. The topological polar surface area (TPSA) is 60.8 Å². The maximum atomic E-state index is 13.2. The van der Waals surface area contributed by atoms with Gasteiger partial charge in [0.05, 0.1) is 6.20 Å². The minimum Gasteiger partial charge on any atom is -0.483 e. The third kappa shape index (κ3) is 10.2. The van der Waals surface area contributed by atoms with Crippen LogP contribution in [0.25, 0.3) is 0 Å². The summed E-state index contributed by atoms with van der Waals surface area (Å²) in [5.74, 6) is 0.568. The Morgan fingerprint density at radius 1 is 1.07 bits per heavy atom. The predicted molar refractivity (Wildman–Crippen MR) is 153 cm³/mol. The summed E-state index contributed by atoms with van der Waals surface area (Å²) < 4.78 is 33.2. The number of pyridine rings is 1. The highest BCUT2D eigenvalue weighted by Crippen LogP contribution is 2.22. The van der Waals surface area contributed by atoms with Gasteiger partial charge in [-0.2, -0.15) is 0 Å². The predicted octanol–water partition coefficient (Wildman–Crippen LogP) is 6.49. The molecule has 1 atom stereocenters. The van der Waals surface area contributed by atoms with E-state index in [9.17, 15) is 18.5 Å². The lowest BCUT2D eigenvalue weighted by atomic mass is 10.1. The molecule has 1 unspecified atom stereocenters. The lowest BCUT2D eigenvalue weighted by Crippen LogP contribution is -2.33. The first kappa shape index (κ1) is 32.0. The molecule has 8 heteroatoms. The molecule has 0 spiro atoms. The number of benzene rings is 2. The highest BCUT2D eigenvalue weighted by atomic mass is 19.3. The van der Waals surface area contributed by atoms with E-state index in [0.29, 0.717) is 13.1 Å². The molecule has 1 saturated heterocycles. The third-order valence-corrected chi connectivity index (χ3v) is 6.13. The number of aromatic nitrogens is 1. The Labute approximate surface area is 234 Å². The molecular formula is C32H36F2N2O4. The molecule has 0 aliphatic carbocycles. The number of halogens is 2. The first-order valence-electron chi connectivity index (χ1n) is 13.0. The fraction of sp³-hybridized carbons (Fsp3) is 0.312. The van der Waals surface area contributed by atoms with E-state index in [1.54, 1.807) is 23.6 Å². The molecule has 3 aromatic rings. The molecule has 2 heterocycles. The van der Waals surface area contributed by atoms with Crippen molar-refractivity contribution in [3.63, 3.8) is 0 Å². The summed E-state index contributed by atoms with van der Waals surface area (Å²) in [5.41, 5.74) is 0.700. The van der Waals surface area contributed by atoms with Crippen LogP contribution < -0.4 is 10.2 Å². The number of carbonyl (C=O) groups is 1. The maximum Gasteiger partial charge on any atom is 0.385 e. The van der Waals surface area contributed by atoms with Crippen molar-refractivity contribution < 1.29 is 23.4 Å². The quantitative estimate of drug-likeness (QED) is 0.237. The van der Waals surface area contributed by atoms with Gasteiger partial charge in [-0.3, -0.25) is 9.69 Å². The van der Waals surface area contributed by atoms with E-state index in [1.807, 2.05) is 56.3 Å². The van der Waals surface area contributed by atoms with Crippen LogP contribution in [0.4, 0.5) is 8.92 Å². The van der Waals surface area contributed by atoms with Crippen LogP contribution in [0.5, 0.6) is 5.75 Å². The molecule has 2 aromatic carbocycles. The van der Waals surface area contributed by atoms with Crippen molar-refractivity contribution in [2.75, 3.05) is 6.54 Å². The molecule has 1 aliphatic rings. The minimum atomic E-state index is -1.35. The summed E-state index contributed by atoms with van der Waals surface area (Å²) in [5, 5.41) is 0. The molecule has 0 saturated carbocycles. The summed E-state index contributed by atoms with van der Waals surface area (Å²) in [6.07, 6.45) is 13.3. The zero-order valence-corrected chi connectivity index (χ0v) is 23.2. The Hall–Kier alpha value is -4.22. The lowest BCUT2D eigenvalue weighted by molar-refractivity contribution is -0.0790. The van der Waals surface area contributed by atoms with E-state index in [0.717, 1.165) is 30.5 Å². The van der Waals surface area contributed by atoms with Crippen molar-refractivity contribution in [3.05, 3.63) is 112 Å². The standard InChI is InChI=1S/C25H24F2N2O4.C4H8.C3H4/c26-20-10-8-18(9-11-20)13-29-12-4-7-21(29)14-28-15-22(25(31)33-27)24(30)23(16-28)32-17-19-5-2-1-3-6-19;1-3-4-2;1-3-2/h1-3,5-6,8-11,15-16,21H,4,7,12-14,17H2;3-4H,1-2H3;1H,2H3. The van der Waals surface area contributed by atoms with Crippen LogP contribution in [-0.2, 0) is 24.6 Å². The van der Waals surface area contributed by atoms with Crippen LogP contribution in [0.2, 0.25) is 0 Å². The normalized spacial score (nSPS) is 14.3. The van der Waals surface area contributed by atoms with E-state index in [-0.39, 0.29) is 24.2 Å². The second kappa shape index (κ2) is 17.4. The van der Waals surface area contributed by atoms with E-state index < -0.39 is 17.0 Å². The Morgan fingerprint density at radius 3 is 2.33 bits per heavy atom. The van der Waals surface area contributed by atoms with Gasteiger partial charge < -0.3 is 9.30 Å². The highest BCUT2D eigenvalue weighted by molar-refractivity contribution is 5.88. The van der Waals surface area contributed by atoms with Gasteiger partial charge in [0.15, 0.2) is 5.75 Å². The summed E-state index contributed by atoms with van der Waals surface area (Å²) in [6, 6.07) is 15.8. The van der Waals surface area contributed by atoms with Crippen molar-refractivity contribution in [2.45, 2.75) is 59.4 Å². The van der Waals surface area contributed by atoms with Crippen molar-refractivity contribution in [1.82, 2.24) is 9.47 Å². The van der Waals surface area contributed by atoms with Crippen molar-refractivity contribution in [1.29, 1.82) is 0 Å². The second-order valence-corrected chi connectivity index (χ2v) is 9.05. The molecule has 1 fully saturated rings. The molecule has 4 rings (SSSR count). The SMILES string of the molecule is C#CC.CC=CC.O=C(OF)c1cn(CC2CCCN2Cc2ccc(F)cc2)cc(OCc2ccccc2)c1=O. The Kier molecular flexibility index (Phi) is 13.9. The average molecular weight is 551 g/mol. The van der Waals surface area contributed by atoms with Gasteiger partial charge in [-0.1, -0.05) is 54.6 Å². The number of ether oxygens (including phenoxy) is 1. The Bertz CT molecular complexity index is 1310. The van der Waals surface area contributed by atoms with Gasteiger partial charge in [0.25, 0.3) is 0 Å². The number of rotatable bonds is 8. The number of likely N-dealkylation sites (tertiary alicyclic amines) is 1. The molecule has 212 valence electrons. The maximum absolute atomic E-state index is 13.2. The molecule has 0 N–H and O–H groups in total. The highest BCUT2D eigenvalue weighted by Gasteiger charge is 2.26. The van der Waals surface area contributed by atoms with Gasteiger partial charge in [-0.25, -0.2) is 14.1 Å². The fourth-order valence-electron chi connectivity index (χ4n) is 4.11. The molecule has 6 nitrogen and oxygen atoms in total. The first-order chi connectivity index (χ1) is 19.4. The summed E-state index contributed by atoms with van der Waals surface area (Å²) in [6.45, 7) is 7.78. The zero-order chi connectivity index (χ0) is 29.3. The fourth-order valence-corrected chi connectivity index (χ4v) is 4.11. The van der Waals surface area contributed by atoms with Gasteiger partial charge in [0, 0.05) is 29.9 Å². The van der Waals surface area contributed by atoms with Gasteiger partial charge >= 0.3 is 5.97 Å². The Balaban J connectivity index is 0.000000722. The van der Waals surface area contributed by atoms with Crippen LogP contribution >= 0.6 is 0 Å². The van der Waals surface area contributed by atoms with E-state index >= 15 is 0 Å². The zero-order valence-electron chi connectivity index (χ0n) is 23.2. The Morgan fingerprint density at radius 2 is 1.73 bits per heavy atom. The summed E-state index contributed by atoms with van der Waals surface area (Å²) in [7, 11) is 0. The van der Waals surface area contributed by atoms with Crippen LogP contribution in [0.3, 0.4) is 0 Å². The molecule has 1 aromatic heterocycles. The number of carbonyl (C=O) groups excluding carboxylic acids is 1. The summed E-state index contributed by atoms with van der Waals surface area (Å²) in [4.78, 5) is 30.1. The van der Waals surface area contributed by atoms with Crippen molar-refractivity contribution in [2.24, 2.45) is 0 Å². The van der Waals surface area contributed by atoms with E-state index in [4.69, 9.17) is 4.74 Å². The van der Waals surface area contributed by atoms with Crippen LogP contribution in [0.15, 0.2) is 83.9 Å². The van der Waals surface area contributed by atoms with Gasteiger partial charge in [0.2, 0.25) is 5.43 Å². The molecular weight excluding hydrogens is 514 g/mol. The number of hydrogen-bond donors (Lipinski definition) is 0. The van der Waals surface area contributed by atoms with Crippen molar-refractivity contribution >= 4 is 5.97 Å². The second-order valence-electron chi connectivity index (χ2n) is 9.05. The van der Waals surface area contributed by atoms with E-state index in [1.165, 1.54) is 24.5 Å². The van der Waals surface area contributed by atoms with Crippen LogP contribution in [-0.4, -0.2) is 28.0 Å². The van der Waals surface area contributed by atoms with Crippen LogP contribution in [0, 0.1) is 18.2 Å². The number of terminal acetylenes is 1. The monoisotopic (exact) mass is 550 g/mol. The largest absolute Gasteiger partial charge is 0.483 e. The molecule has 0 radical (unpaired) electrons. The minimum absolute atomic E-state index is 0.0511. The van der Waals surface area contributed by atoms with E-state index in [2.05, 4.69) is 22.2 Å². The van der Waals surface area contributed by atoms with Gasteiger partial charge in [-0.05, 0) is 63.4 Å². The lowest BCUT2D eigenvalue weighted by Gasteiger charge is -2.26. The first-order valence-corrected chi connectivity index (χ1v) is 13.0. The number of hydrogen-bond acceptors (Lipinski definition) is 5. The molecule has 40 heavy (non-hydrogen) atoms. The van der Waals surface area contributed by atoms with Crippen molar-refractivity contribution in [3.8, 4) is 18.1 Å². The van der Waals surface area contributed by atoms with Crippen LogP contribution in [0.1, 0.15) is 55.1 Å². The molecule has 0 amide bonds. The molecule has 1 aliphatic heterocycles. The number of allylic oxidation sites excluding steroid dienone is 2. The summed E-state index contributed by atoms with van der Waals surface area (Å²) >= 11 is 0. The van der Waals surface area contributed by atoms with Gasteiger partial charge in [-0.15, -0.1) is 12.3 Å². The molecule has 0 bridgehead atoms. The number of nitrogens with zero attached hydrogens (tertiary/aromatic N) is 2. The smallest absolute Gasteiger partial charge is 0.385 e. The third-order valence-electron chi connectivity index (χ3n) is 6.13. The van der Waals surface area contributed by atoms with Gasteiger partial charge in [0.1, 0.15) is 18.0 Å².